The smallest absolute Gasteiger partial charge is 0.169 e. The molecule has 2 rings (SSSR count). The summed E-state index contributed by atoms with van der Waals surface area (Å²) in [7, 11) is 0. The van der Waals surface area contributed by atoms with E-state index in [9.17, 15) is 5.11 Å². The fraction of sp³-hybridized carbons (Fsp3) is 0.333. The maximum Gasteiger partial charge on any atom is 0.169 e. The molecule has 0 aromatic carbocycles. The van der Waals surface area contributed by atoms with Gasteiger partial charge in [0, 0.05) is 16.2 Å². The van der Waals surface area contributed by atoms with Gasteiger partial charge in [-0.1, -0.05) is 6.92 Å². The van der Waals surface area contributed by atoms with Gasteiger partial charge in [0.15, 0.2) is 4.67 Å². The quantitative estimate of drug-likeness (QED) is 0.928. The highest BCUT2D eigenvalue weighted by Crippen LogP contribution is 2.26. The van der Waals surface area contributed by atoms with Crippen LogP contribution in [-0.2, 0) is 12.8 Å². The molecule has 86 valence electrons. The maximum absolute atomic E-state index is 9.96. The summed E-state index contributed by atoms with van der Waals surface area (Å²) in [5.74, 6) is 0.610. The third-order valence-electron chi connectivity index (χ3n) is 2.38. The van der Waals surface area contributed by atoms with E-state index in [2.05, 4.69) is 35.0 Å². The molecule has 0 saturated carbocycles. The molecule has 2 nitrogen and oxygen atoms in total. The number of aryl methyl sites for hydroxylation is 1. The number of furan rings is 1. The molecule has 0 saturated heterocycles. The topological polar surface area (TPSA) is 33.4 Å². The monoisotopic (exact) mass is 300 g/mol. The van der Waals surface area contributed by atoms with Crippen molar-refractivity contribution in [2.45, 2.75) is 25.9 Å². The highest BCUT2D eigenvalue weighted by Gasteiger charge is 2.13. The van der Waals surface area contributed by atoms with Gasteiger partial charge in [-0.2, -0.15) is 0 Å². The van der Waals surface area contributed by atoms with Crippen molar-refractivity contribution >= 4 is 27.3 Å². The van der Waals surface area contributed by atoms with Crippen LogP contribution in [0.4, 0.5) is 0 Å². The minimum absolute atomic E-state index is 0.561. The van der Waals surface area contributed by atoms with Crippen LogP contribution in [0.3, 0.4) is 0 Å². The molecule has 1 atom stereocenters. The van der Waals surface area contributed by atoms with E-state index < -0.39 is 6.10 Å². The van der Waals surface area contributed by atoms with Gasteiger partial charge in [0.25, 0.3) is 0 Å². The SMILES string of the molecule is CCc1ccc(CC(O)c2ccc(Br)o2)s1. The molecule has 1 N–H and O–H groups in total. The van der Waals surface area contributed by atoms with Crippen molar-refractivity contribution in [2.75, 3.05) is 0 Å². The Morgan fingerprint density at radius 3 is 2.62 bits per heavy atom. The Morgan fingerprint density at radius 2 is 2.06 bits per heavy atom. The van der Waals surface area contributed by atoms with E-state index in [1.807, 2.05) is 0 Å². The van der Waals surface area contributed by atoms with Crippen LogP contribution in [0.15, 0.2) is 33.4 Å². The van der Waals surface area contributed by atoms with Gasteiger partial charge in [-0.3, -0.25) is 0 Å². The zero-order valence-electron chi connectivity index (χ0n) is 8.94. The average molecular weight is 301 g/mol. The van der Waals surface area contributed by atoms with E-state index in [0.29, 0.717) is 16.9 Å². The molecule has 0 bridgehead atoms. The van der Waals surface area contributed by atoms with E-state index in [4.69, 9.17) is 4.42 Å². The number of thiophene rings is 1. The molecule has 2 aromatic heterocycles. The number of rotatable bonds is 4. The van der Waals surface area contributed by atoms with Crippen LogP contribution in [0.2, 0.25) is 0 Å². The summed E-state index contributed by atoms with van der Waals surface area (Å²) in [5.41, 5.74) is 0. The van der Waals surface area contributed by atoms with Gasteiger partial charge in [0.05, 0.1) is 0 Å². The summed E-state index contributed by atoms with van der Waals surface area (Å²) in [6.45, 7) is 2.13. The summed E-state index contributed by atoms with van der Waals surface area (Å²) in [6, 6.07) is 7.78. The lowest BCUT2D eigenvalue weighted by molar-refractivity contribution is 0.149. The second kappa shape index (κ2) is 5.17. The first-order valence-corrected chi connectivity index (χ1v) is 6.81. The third-order valence-corrected chi connectivity index (χ3v) is 4.06. The molecule has 0 amide bonds. The first-order chi connectivity index (χ1) is 7.69. The average Bonchev–Trinajstić information content (AvgIpc) is 2.87. The molecule has 0 aliphatic heterocycles. The first kappa shape index (κ1) is 11.9. The van der Waals surface area contributed by atoms with Gasteiger partial charge in [-0.25, -0.2) is 0 Å². The predicted molar refractivity (Wildman–Crippen MR) is 68.8 cm³/mol. The number of aliphatic hydroxyl groups is 1. The molecule has 1 unspecified atom stereocenters. The van der Waals surface area contributed by atoms with Crippen LogP contribution in [0.5, 0.6) is 0 Å². The van der Waals surface area contributed by atoms with Gasteiger partial charge in [-0.15, -0.1) is 11.3 Å². The van der Waals surface area contributed by atoms with Crippen molar-refractivity contribution in [1.29, 1.82) is 0 Å². The van der Waals surface area contributed by atoms with Crippen molar-refractivity contribution in [3.05, 3.63) is 44.4 Å². The first-order valence-electron chi connectivity index (χ1n) is 5.20. The largest absolute Gasteiger partial charge is 0.452 e. The van der Waals surface area contributed by atoms with Crippen LogP contribution in [0.25, 0.3) is 0 Å². The Bertz CT molecular complexity index is 461. The standard InChI is InChI=1S/C12H13BrO2S/c1-2-8-3-4-9(16-8)7-10(14)11-5-6-12(13)15-11/h3-6,10,14H,2,7H2,1H3. The van der Waals surface area contributed by atoms with E-state index in [1.54, 1.807) is 23.5 Å². The summed E-state index contributed by atoms with van der Waals surface area (Å²) in [6.07, 6.45) is 1.10. The van der Waals surface area contributed by atoms with E-state index in [1.165, 1.54) is 9.75 Å². The fourth-order valence-electron chi connectivity index (χ4n) is 1.52. The number of halogens is 1. The number of aliphatic hydroxyl groups excluding tert-OH is 1. The third kappa shape index (κ3) is 2.75. The van der Waals surface area contributed by atoms with Gasteiger partial charge in [-0.05, 0) is 46.6 Å². The Kier molecular flexibility index (Phi) is 3.84. The maximum atomic E-state index is 9.96. The van der Waals surface area contributed by atoms with E-state index in [-0.39, 0.29) is 0 Å². The van der Waals surface area contributed by atoms with Gasteiger partial charge >= 0.3 is 0 Å². The molecular weight excluding hydrogens is 288 g/mol. The van der Waals surface area contributed by atoms with Gasteiger partial charge < -0.3 is 9.52 Å². The summed E-state index contributed by atoms with van der Waals surface area (Å²) >= 11 is 4.98. The molecular formula is C12H13BrO2S. The van der Waals surface area contributed by atoms with Crippen LogP contribution >= 0.6 is 27.3 Å². The zero-order chi connectivity index (χ0) is 11.5. The normalized spacial score (nSPS) is 12.9. The second-order valence-electron chi connectivity index (χ2n) is 3.58. The molecule has 2 heterocycles. The molecule has 16 heavy (non-hydrogen) atoms. The lowest BCUT2D eigenvalue weighted by Gasteiger charge is -2.05. The molecule has 2 aromatic rings. The molecule has 0 aliphatic carbocycles. The highest BCUT2D eigenvalue weighted by molar-refractivity contribution is 9.10. The fourth-order valence-corrected chi connectivity index (χ4v) is 2.83. The number of hydrogen-bond acceptors (Lipinski definition) is 3. The van der Waals surface area contributed by atoms with Crippen molar-refractivity contribution < 1.29 is 9.52 Å². The Balaban J connectivity index is 2.04. The lowest BCUT2D eigenvalue weighted by atomic mass is 10.2. The molecule has 4 heteroatoms. The van der Waals surface area contributed by atoms with Crippen LogP contribution in [0, 0.1) is 0 Å². The van der Waals surface area contributed by atoms with E-state index >= 15 is 0 Å². The van der Waals surface area contributed by atoms with Gasteiger partial charge in [0.1, 0.15) is 11.9 Å². The zero-order valence-corrected chi connectivity index (χ0v) is 11.3. The van der Waals surface area contributed by atoms with Crippen LogP contribution in [0.1, 0.15) is 28.5 Å². The second-order valence-corrected chi connectivity index (χ2v) is 5.62. The Labute approximate surface area is 107 Å². The summed E-state index contributed by atoms with van der Waals surface area (Å²) < 4.78 is 5.98. The summed E-state index contributed by atoms with van der Waals surface area (Å²) in [4.78, 5) is 2.54. The molecule has 0 radical (unpaired) electrons. The predicted octanol–water partition coefficient (Wildman–Crippen LogP) is 3.94. The van der Waals surface area contributed by atoms with E-state index in [0.717, 1.165) is 6.42 Å². The minimum Gasteiger partial charge on any atom is -0.452 e. The molecule has 0 spiro atoms. The van der Waals surface area contributed by atoms with Crippen molar-refractivity contribution in [3.8, 4) is 0 Å². The van der Waals surface area contributed by atoms with Crippen LogP contribution < -0.4 is 0 Å². The number of hydrogen-bond donors (Lipinski definition) is 1. The highest BCUT2D eigenvalue weighted by atomic mass is 79.9. The minimum atomic E-state index is -0.561. The molecule has 0 fully saturated rings. The Hall–Kier alpha value is -0.580. The molecule has 0 aliphatic rings. The van der Waals surface area contributed by atoms with Crippen molar-refractivity contribution in [2.24, 2.45) is 0 Å². The van der Waals surface area contributed by atoms with Gasteiger partial charge in [0.2, 0.25) is 0 Å². The Morgan fingerprint density at radius 1 is 1.31 bits per heavy atom. The van der Waals surface area contributed by atoms with Crippen molar-refractivity contribution in [3.63, 3.8) is 0 Å². The van der Waals surface area contributed by atoms with Crippen LogP contribution in [-0.4, -0.2) is 5.11 Å². The lowest BCUT2D eigenvalue weighted by Crippen LogP contribution is -1.98. The summed E-state index contributed by atoms with van der Waals surface area (Å²) in [5, 5.41) is 9.96. The van der Waals surface area contributed by atoms with Crippen molar-refractivity contribution in [1.82, 2.24) is 0 Å².